The first-order valence-electron chi connectivity index (χ1n) is 4.84. The maximum absolute atomic E-state index is 12.0. The van der Waals surface area contributed by atoms with Gasteiger partial charge in [-0.15, -0.1) is 0 Å². The highest BCUT2D eigenvalue weighted by atomic mass is 32.2. The smallest absolute Gasteiger partial charge is 0.225 e. The minimum atomic E-state index is -3.80. The maximum atomic E-state index is 12.0. The van der Waals surface area contributed by atoms with E-state index in [4.69, 9.17) is 5.14 Å². The zero-order chi connectivity index (χ0) is 13.5. The Labute approximate surface area is 102 Å². The lowest BCUT2D eigenvalue weighted by atomic mass is 10.3. The summed E-state index contributed by atoms with van der Waals surface area (Å²) in [5.41, 5.74) is 0. The van der Waals surface area contributed by atoms with Crippen LogP contribution in [0.5, 0.6) is 0 Å². The summed E-state index contributed by atoms with van der Waals surface area (Å²) in [5, 5.41) is 4.92. The molecule has 2 N–H and O–H groups in total. The van der Waals surface area contributed by atoms with Crippen molar-refractivity contribution >= 4 is 19.9 Å². The lowest BCUT2D eigenvalue weighted by Gasteiger charge is -2.19. The average Bonchev–Trinajstić information content (AvgIpc) is 2.15. The minimum absolute atomic E-state index is 0.0809. The predicted molar refractivity (Wildman–Crippen MR) is 64.8 cm³/mol. The number of sulfonamides is 1. The number of primary sulfonamides is 1. The largest absolute Gasteiger partial charge is 0.238 e. The second kappa shape index (κ2) is 4.08. The highest BCUT2D eigenvalue weighted by molar-refractivity contribution is 7.92. The van der Waals surface area contributed by atoms with Crippen molar-refractivity contribution in [3.8, 4) is 0 Å². The molecule has 0 atom stereocenters. The van der Waals surface area contributed by atoms with Gasteiger partial charge in [0.1, 0.15) is 0 Å². The van der Waals surface area contributed by atoms with Gasteiger partial charge in [0.25, 0.3) is 0 Å². The van der Waals surface area contributed by atoms with Crippen molar-refractivity contribution in [2.24, 2.45) is 5.14 Å². The van der Waals surface area contributed by atoms with Gasteiger partial charge in [-0.3, -0.25) is 0 Å². The summed E-state index contributed by atoms with van der Waals surface area (Å²) in [5.74, 6) is 0. The fourth-order valence-electron chi connectivity index (χ4n) is 1.16. The normalized spacial score (nSPS) is 13.6. The summed E-state index contributed by atoms with van der Waals surface area (Å²) in [6.07, 6.45) is 0. The van der Waals surface area contributed by atoms with Crippen molar-refractivity contribution in [2.75, 3.05) is 0 Å². The Balaban J connectivity index is 3.31. The van der Waals surface area contributed by atoms with Gasteiger partial charge in [-0.05, 0) is 45.0 Å². The molecule has 5 nitrogen and oxygen atoms in total. The first-order chi connectivity index (χ1) is 7.46. The number of nitrogens with two attached hydrogens (primary N) is 1. The molecule has 0 saturated carbocycles. The van der Waals surface area contributed by atoms with Gasteiger partial charge in [-0.1, -0.05) is 0 Å². The highest BCUT2D eigenvalue weighted by Gasteiger charge is 2.30. The van der Waals surface area contributed by atoms with Crippen LogP contribution < -0.4 is 5.14 Å². The zero-order valence-electron chi connectivity index (χ0n) is 9.84. The first kappa shape index (κ1) is 14.1. The Bertz CT molecular complexity index is 607. The van der Waals surface area contributed by atoms with E-state index in [1.165, 1.54) is 24.3 Å². The number of sulfone groups is 1. The molecule has 1 rings (SSSR count). The second-order valence-electron chi connectivity index (χ2n) is 4.63. The molecule has 1 aromatic carbocycles. The molecule has 17 heavy (non-hydrogen) atoms. The van der Waals surface area contributed by atoms with E-state index >= 15 is 0 Å². The molecule has 0 aliphatic carbocycles. The van der Waals surface area contributed by atoms with Gasteiger partial charge in [-0.25, -0.2) is 22.0 Å². The van der Waals surface area contributed by atoms with E-state index in [-0.39, 0.29) is 9.79 Å². The lowest BCUT2D eigenvalue weighted by Crippen LogP contribution is -2.27. The summed E-state index contributed by atoms with van der Waals surface area (Å²) < 4.78 is 45.2. The number of hydrogen-bond donors (Lipinski definition) is 1. The second-order valence-corrected chi connectivity index (χ2v) is 8.90. The summed E-state index contributed by atoms with van der Waals surface area (Å²) in [6.45, 7) is 4.74. The molecule has 0 saturated heterocycles. The van der Waals surface area contributed by atoms with Crippen LogP contribution in [0.4, 0.5) is 0 Å². The Morgan fingerprint density at radius 2 is 1.24 bits per heavy atom. The van der Waals surface area contributed by atoms with Crippen molar-refractivity contribution in [1.82, 2.24) is 0 Å². The highest BCUT2D eigenvalue weighted by Crippen LogP contribution is 2.25. The van der Waals surface area contributed by atoms with Crippen LogP contribution in [0.2, 0.25) is 0 Å². The van der Waals surface area contributed by atoms with E-state index < -0.39 is 24.6 Å². The molecule has 0 heterocycles. The molecule has 0 amide bonds. The topological polar surface area (TPSA) is 94.3 Å². The molecule has 0 unspecified atom stereocenters. The van der Waals surface area contributed by atoms with Crippen LogP contribution in [0.25, 0.3) is 0 Å². The Kier molecular flexibility index (Phi) is 3.39. The van der Waals surface area contributed by atoms with Gasteiger partial charge < -0.3 is 0 Å². The monoisotopic (exact) mass is 277 g/mol. The molecule has 0 fully saturated rings. The molecule has 0 aliphatic heterocycles. The third kappa shape index (κ3) is 2.85. The van der Waals surface area contributed by atoms with Gasteiger partial charge >= 0.3 is 0 Å². The van der Waals surface area contributed by atoms with Crippen LogP contribution in [0, 0.1) is 0 Å². The van der Waals surface area contributed by atoms with Crippen LogP contribution in [0.1, 0.15) is 20.8 Å². The van der Waals surface area contributed by atoms with Crippen LogP contribution in [-0.4, -0.2) is 21.6 Å². The van der Waals surface area contributed by atoms with E-state index in [9.17, 15) is 16.8 Å². The van der Waals surface area contributed by atoms with Crippen LogP contribution in [0.15, 0.2) is 34.1 Å². The van der Waals surface area contributed by atoms with Crippen LogP contribution >= 0.6 is 0 Å². The van der Waals surface area contributed by atoms with Crippen molar-refractivity contribution in [3.63, 3.8) is 0 Å². The molecular formula is C10H15NO4S2. The minimum Gasteiger partial charge on any atom is -0.225 e. The molecule has 96 valence electrons. The maximum Gasteiger partial charge on any atom is 0.238 e. The number of benzene rings is 1. The fraction of sp³-hybridized carbons (Fsp3) is 0.400. The standard InChI is InChI=1S/C10H15NO4S2/c1-10(2,3)16(12,13)8-4-6-9(7-5-8)17(11,14)15/h4-7H,1-3H3,(H2,11,14,15). The Morgan fingerprint density at radius 3 is 1.53 bits per heavy atom. The van der Waals surface area contributed by atoms with Crippen LogP contribution in [0.3, 0.4) is 0 Å². The third-order valence-electron chi connectivity index (χ3n) is 2.27. The van der Waals surface area contributed by atoms with Gasteiger partial charge in [0.2, 0.25) is 10.0 Å². The van der Waals surface area contributed by atoms with E-state index in [0.717, 1.165) is 0 Å². The quantitative estimate of drug-likeness (QED) is 0.869. The van der Waals surface area contributed by atoms with Crippen molar-refractivity contribution in [2.45, 2.75) is 35.3 Å². The average molecular weight is 277 g/mol. The SMILES string of the molecule is CC(C)(C)S(=O)(=O)c1ccc(S(N)(=O)=O)cc1. The van der Waals surface area contributed by atoms with E-state index in [2.05, 4.69) is 0 Å². The number of rotatable bonds is 2. The van der Waals surface area contributed by atoms with Gasteiger partial charge in [-0.2, -0.15) is 0 Å². The molecule has 0 bridgehead atoms. The summed E-state index contributed by atoms with van der Waals surface area (Å²) >= 11 is 0. The summed E-state index contributed by atoms with van der Waals surface area (Å²) in [7, 11) is -7.27. The molecular weight excluding hydrogens is 262 g/mol. The van der Waals surface area contributed by atoms with Crippen LogP contribution in [-0.2, 0) is 19.9 Å². The number of hydrogen-bond acceptors (Lipinski definition) is 4. The molecule has 7 heteroatoms. The van der Waals surface area contributed by atoms with Crippen molar-refractivity contribution in [1.29, 1.82) is 0 Å². The Hall–Kier alpha value is -0.920. The Morgan fingerprint density at radius 1 is 0.882 bits per heavy atom. The predicted octanol–water partition coefficient (Wildman–Crippen LogP) is 0.906. The lowest BCUT2D eigenvalue weighted by molar-refractivity contribution is 0.560. The van der Waals surface area contributed by atoms with Crippen molar-refractivity contribution < 1.29 is 16.8 Å². The molecule has 0 spiro atoms. The zero-order valence-corrected chi connectivity index (χ0v) is 11.5. The van der Waals surface area contributed by atoms with Gasteiger partial charge in [0, 0.05) is 0 Å². The molecule has 0 aromatic heterocycles. The fourth-order valence-corrected chi connectivity index (χ4v) is 2.88. The third-order valence-corrected chi connectivity index (χ3v) is 5.70. The van der Waals surface area contributed by atoms with E-state index in [1.807, 2.05) is 0 Å². The summed E-state index contributed by atoms with van der Waals surface area (Å²) in [4.78, 5) is -0.0252. The molecule has 0 radical (unpaired) electrons. The summed E-state index contributed by atoms with van der Waals surface area (Å²) in [6, 6.07) is 4.88. The van der Waals surface area contributed by atoms with Gasteiger partial charge in [0.15, 0.2) is 9.84 Å². The van der Waals surface area contributed by atoms with Crippen molar-refractivity contribution in [3.05, 3.63) is 24.3 Å². The van der Waals surface area contributed by atoms with E-state index in [0.29, 0.717) is 0 Å². The first-order valence-corrected chi connectivity index (χ1v) is 7.87. The molecule has 0 aliphatic rings. The molecule has 1 aromatic rings. The van der Waals surface area contributed by atoms with Gasteiger partial charge in [0.05, 0.1) is 14.5 Å². The van der Waals surface area contributed by atoms with E-state index in [1.54, 1.807) is 20.8 Å².